The molecule has 0 fully saturated rings. The minimum absolute atomic E-state index is 0.0864. The van der Waals surface area contributed by atoms with Gasteiger partial charge in [0.15, 0.2) is 5.54 Å². The van der Waals surface area contributed by atoms with Crippen LogP contribution in [-0.2, 0) is 5.54 Å². The quantitative estimate of drug-likeness (QED) is 0.848. The maximum atomic E-state index is 13.5. The first-order chi connectivity index (χ1) is 9.25. The van der Waals surface area contributed by atoms with E-state index in [-0.39, 0.29) is 11.1 Å². The van der Waals surface area contributed by atoms with E-state index in [9.17, 15) is 13.2 Å². The highest BCUT2D eigenvalue weighted by atomic mass is 35.5. The summed E-state index contributed by atoms with van der Waals surface area (Å²) in [7, 11) is 0. The molecule has 0 bridgehead atoms. The number of benzene rings is 2. The van der Waals surface area contributed by atoms with Crippen molar-refractivity contribution in [3.63, 3.8) is 0 Å². The summed E-state index contributed by atoms with van der Waals surface area (Å²) in [6.45, 7) is 0. The van der Waals surface area contributed by atoms with Crippen LogP contribution >= 0.6 is 23.2 Å². The fourth-order valence-corrected chi connectivity index (χ4v) is 2.17. The van der Waals surface area contributed by atoms with E-state index in [1.807, 2.05) is 0 Å². The Kier molecular flexibility index (Phi) is 4.00. The van der Waals surface area contributed by atoms with Gasteiger partial charge in [0.05, 0.1) is 0 Å². The van der Waals surface area contributed by atoms with E-state index in [2.05, 4.69) is 0 Å². The van der Waals surface area contributed by atoms with E-state index < -0.39 is 11.7 Å². The molecule has 2 aromatic carbocycles. The monoisotopic (exact) mass is 319 g/mol. The minimum Gasteiger partial charge on any atom is -0.310 e. The van der Waals surface area contributed by atoms with Gasteiger partial charge in [-0.1, -0.05) is 47.5 Å². The molecule has 2 rings (SSSR count). The van der Waals surface area contributed by atoms with Gasteiger partial charge >= 0.3 is 6.18 Å². The van der Waals surface area contributed by atoms with Gasteiger partial charge in [-0.15, -0.1) is 0 Å². The van der Waals surface area contributed by atoms with Gasteiger partial charge in [-0.25, -0.2) is 0 Å². The van der Waals surface area contributed by atoms with Crippen LogP contribution in [-0.4, -0.2) is 6.18 Å². The first kappa shape index (κ1) is 15.2. The van der Waals surface area contributed by atoms with Gasteiger partial charge in [0.1, 0.15) is 0 Å². The maximum absolute atomic E-state index is 13.5. The fraction of sp³-hybridized carbons (Fsp3) is 0.143. The third kappa shape index (κ3) is 2.64. The van der Waals surface area contributed by atoms with E-state index in [4.69, 9.17) is 28.9 Å². The smallest absolute Gasteiger partial charge is 0.310 e. The Bertz CT molecular complexity index is 546. The van der Waals surface area contributed by atoms with Crippen LogP contribution in [0.2, 0.25) is 10.0 Å². The van der Waals surface area contributed by atoms with Crippen LogP contribution in [0, 0.1) is 0 Å². The van der Waals surface area contributed by atoms with E-state index in [1.165, 1.54) is 48.5 Å². The average Bonchev–Trinajstić information content (AvgIpc) is 2.38. The molecule has 0 spiro atoms. The summed E-state index contributed by atoms with van der Waals surface area (Å²) >= 11 is 11.4. The van der Waals surface area contributed by atoms with Gasteiger partial charge in [-0.2, -0.15) is 13.2 Å². The van der Waals surface area contributed by atoms with Crippen molar-refractivity contribution < 1.29 is 13.2 Å². The fourth-order valence-electron chi connectivity index (χ4n) is 1.92. The SMILES string of the molecule is NC(c1ccc(Cl)cc1)(c1ccc(Cl)cc1)C(F)(F)F. The van der Waals surface area contributed by atoms with Gasteiger partial charge in [-0.05, 0) is 35.4 Å². The van der Waals surface area contributed by atoms with Crippen molar-refractivity contribution in [3.8, 4) is 0 Å². The lowest BCUT2D eigenvalue weighted by Gasteiger charge is -2.33. The zero-order valence-electron chi connectivity index (χ0n) is 10.1. The van der Waals surface area contributed by atoms with E-state index in [1.54, 1.807) is 0 Å². The van der Waals surface area contributed by atoms with Gasteiger partial charge < -0.3 is 5.73 Å². The molecule has 0 amide bonds. The van der Waals surface area contributed by atoms with Gasteiger partial charge in [0.2, 0.25) is 0 Å². The van der Waals surface area contributed by atoms with Crippen molar-refractivity contribution in [1.82, 2.24) is 0 Å². The summed E-state index contributed by atoms with van der Waals surface area (Å²) in [5.41, 5.74) is 2.92. The molecule has 2 aromatic rings. The van der Waals surface area contributed by atoms with Crippen LogP contribution in [0.25, 0.3) is 0 Å². The molecule has 0 saturated carbocycles. The molecule has 0 aromatic heterocycles. The molecule has 6 heteroatoms. The molecule has 0 aliphatic heterocycles. The molecule has 2 N–H and O–H groups in total. The molecule has 0 aliphatic rings. The maximum Gasteiger partial charge on any atom is 0.414 e. The molecule has 0 aliphatic carbocycles. The lowest BCUT2D eigenvalue weighted by atomic mass is 9.83. The Hall–Kier alpha value is -1.23. The van der Waals surface area contributed by atoms with Crippen LogP contribution in [0.4, 0.5) is 13.2 Å². The van der Waals surface area contributed by atoms with E-state index in [0.717, 1.165) is 0 Å². The Labute approximate surface area is 124 Å². The zero-order chi connectivity index (χ0) is 15.0. The normalized spacial score (nSPS) is 12.5. The Morgan fingerprint density at radius 1 is 0.700 bits per heavy atom. The van der Waals surface area contributed by atoms with Crippen LogP contribution in [0.5, 0.6) is 0 Å². The summed E-state index contributed by atoms with van der Waals surface area (Å²) in [5.74, 6) is 0. The number of rotatable bonds is 2. The molecule has 1 nitrogen and oxygen atoms in total. The van der Waals surface area contributed by atoms with Crippen molar-refractivity contribution in [1.29, 1.82) is 0 Å². The molecular formula is C14H10Cl2F3N. The molecule has 0 saturated heterocycles. The number of alkyl halides is 3. The van der Waals surface area contributed by atoms with Crippen molar-refractivity contribution >= 4 is 23.2 Å². The average molecular weight is 320 g/mol. The highest BCUT2D eigenvalue weighted by Gasteiger charge is 2.54. The minimum atomic E-state index is -4.66. The molecular weight excluding hydrogens is 310 g/mol. The van der Waals surface area contributed by atoms with Gasteiger partial charge in [0.25, 0.3) is 0 Å². The largest absolute Gasteiger partial charge is 0.414 e. The molecule has 0 atom stereocenters. The molecule has 0 heterocycles. The first-order valence-electron chi connectivity index (χ1n) is 5.63. The van der Waals surface area contributed by atoms with Crippen LogP contribution in [0.1, 0.15) is 11.1 Å². The Morgan fingerprint density at radius 2 is 1.00 bits per heavy atom. The highest BCUT2D eigenvalue weighted by molar-refractivity contribution is 6.30. The molecule has 106 valence electrons. The molecule has 20 heavy (non-hydrogen) atoms. The molecule has 0 radical (unpaired) electrons. The van der Waals surface area contributed by atoms with Crippen molar-refractivity contribution in [2.24, 2.45) is 5.73 Å². The summed E-state index contributed by atoms with van der Waals surface area (Å²) in [4.78, 5) is 0. The number of hydrogen-bond donors (Lipinski definition) is 1. The summed E-state index contributed by atoms with van der Waals surface area (Å²) < 4.78 is 40.5. The van der Waals surface area contributed by atoms with Gasteiger partial charge in [0, 0.05) is 10.0 Å². The lowest BCUT2D eigenvalue weighted by Crippen LogP contribution is -2.51. The van der Waals surface area contributed by atoms with Crippen molar-refractivity contribution in [2.75, 3.05) is 0 Å². The Morgan fingerprint density at radius 3 is 1.25 bits per heavy atom. The van der Waals surface area contributed by atoms with Crippen molar-refractivity contribution in [3.05, 3.63) is 69.7 Å². The number of hydrogen-bond acceptors (Lipinski definition) is 1. The predicted octanol–water partition coefficient (Wildman–Crippen LogP) is 4.76. The lowest BCUT2D eigenvalue weighted by molar-refractivity contribution is -0.176. The number of nitrogens with two attached hydrogens (primary N) is 1. The van der Waals surface area contributed by atoms with Crippen molar-refractivity contribution in [2.45, 2.75) is 11.7 Å². The topological polar surface area (TPSA) is 26.0 Å². The summed E-state index contributed by atoms with van der Waals surface area (Å²) in [6, 6.07) is 10.6. The molecule has 0 unspecified atom stereocenters. The van der Waals surface area contributed by atoms with E-state index in [0.29, 0.717) is 10.0 Å². The van der Waals surface area contributed by atoms with Gasteiger partial charge in [-0.3, -0.25) is 0 Å². The standard InChI is InChI=1S/C14H10Cl2F3N/c15-11-5-1-9(2-6-11)13(20,14(17,18)19)10-3-7-12(16)8-4-10/h1-8H,20H2. The second-order valence-electron chi connectivity index (χ2n) is 4.32. The zero-order valence-corrected chi connectivity index (χ0v) is 11.6. The highest BCUT2D eigenvalue weighted by Crippen LogP contribution is 2.42. The van der Waals surface area contributed by atoms with Crippen LogP contribution in [0.15, 0.2) is 48.5 Å². The first-order valence-corrected chi connectivity index (χ1v) is 6.38. The van der Waals surface area contributed by atoms with Crippen LogP contribution < -0.4 is 5.73 Å². The third-order valence-corrected chi connectivity index (χ3v) is 3.55. The number of halogens is 5. The third-order valence-electron chi connectivity index (χ3n) is 3.05. The summed E-state index contributed by atoms with van der Waals surface area (Å²) in [5, 5.41) is 0.684. The summed E-state index contributed by atoms with van der Waals surface area (Å²) in [6.07, 6.45) is -4.66. The predicted molar refractivity (Wildman–Crippen MR) is 73.9 cm³/mol. The second kappa shape index (κ2) is 5.28. The second-order valence-corrected chi connectivity index (χ2v) is 5.19. The van der Waals surface area contributed by atoms with E-state index >= 15 is 0 Å². The Balaban J connectivity index is 2.62. The van der Waals surface area contributed by atoms with Crippen LogP contribution in [0.3, 0.4) is 0 Å².